The molecule has 2 fully saturated rings. The van der Waals surface area contributed by atoms with E-state index < -0.39 is 11.7 Å². The molecule has 1 saturated carbocycles. The van der Waals surface area contributed by atoms with Gasteiger partial charge in [-0.25, -0.2) is 0 Å². The number of piperazine rings is 1. The van der Waals surface area contributed by atoms with Crippen molar-refractivity contribution < 1.29 is 23.0 Å². The first kappa shape index (κ1) is 24.2. The second kappa shape index (κ2) is 11.0. The normalized spacial score (nSPS) is 18.8. The summed E-state index contributed by atoms with van der Waals surface area (Å²) in [7, 11) is 0. The van der Waals surface area contributed by atoms with Crippen LogP contribution in [0.1, 0.15) is 42.4 Å². The third kappa shape index (κ3) is 6.57. The highest BCUT2D eigenvalue weighted by Crippen LogP contribution is 2.36. The molecule has 4 rings (SSSR count). The van der Waals surface area contributed by atoms with Gasteiger partial charge in [-0.1, -0.05) is 49.2 Å². The first-order chi connectivity index (χ1) is 15.9. The third-order valence-corrected chi connectivity index (χ3v) is 6.77. The van der Waals surface area contributed by atoms with Crippen molar-refractivity contribution in [1.82, 2.24) is 9.80 Å². The average Bonchev–Trinajstić information content (AvgIpc) is 3.33. The number of benzene rings is 2. The fourth-order valence-electron chi connectivity index (χ4n) is 4.77. The van der Waals surface area contributed by atoms with Gasteiger partial charge in [0.15, 0.2) is 0 Å². The maximum atomic E-state index is 13.9. The number of halogens is 3. The number of hydrogen-bond acceptors (Lipinski definition) is 4. The van der Waals surface area contributed by atoms with Crippen LogP contribution in [0.3, 0.4) is 0 Å². The molecule has 1 saturated heterocycles. The van der Waals surface area contributed by atoms with Gasteiger partial charge in [0.1, 0.15) is 0 Å². The molecular weight excluding hydrogens is 429 g/mol. The standard InChI is InChI=1S/C26H33F3N2O2/c27-26(28,29)25-17-22(9-10-23(25)18-31-13-11-30(12-14-31)15-16-32)21-7-5-20(6-8-21)19-33-24-3-1-2-4-24/h5-10,17,24,32H,1-4,11-16,18-19H2. The molecule has 180 valence electrons. The van der Waals surface area contributed by atoms with Crippen LogP contribution < -0.4 is 0 Å². The third-order valence-electron chi connectivity index (χ3n) is 6.77. The maximum Gasteiger partial charge on any atom is 0.416 e. The van der Waals surface area contributed by atoms with Gasteiger partial charge in [-0.3, -0.25) is 9.80 Å². The highest BCUT2D eigenvalue weighted by molar-refractivity contribution is 5.65. The van der Waals surface area contributed by atoms with Crippen LogP contribution in [0.4, 0.5) is 13.2 Å². The maximum absolute atomic E-state index is 13.9. The van der Waals surface area contributed by atoms with E-state index in [-0.39, 0.29) is 13.2 Å². The van der Waals surface area contributed by atoms with Crippen LogP contribution >= 0.6 is 0 Å². The van der Waals surface area contributed by atoms with E-state index in [0.717, 1.165) is 37.1 Å². The van der Waals surface area contributed by atoms with Crippen molar-refractivity contribution >= 4 is 0 Å². The summed E-state index contributed by atoms with van der Waals surface area (Å²) in [4.78, 5) is 4.18. The van der Waals surface area contributed by atoms with Crippen LogP contribution in [0, 0.1) is 0 Å². The topological polar surface area (TPSA) is 35.9 Å². The van der Waals surface area contributed by atoms with Gasteiger partial charge in [-0.05, 0) is 41.2 Å². The van der Waals surface area contributed by atoms with Crippen LogP contribution in [-0.2, 0) is 24.1 Å². The number of β-amino-alcohol motifs (C(OH)–C–C–N with tert-alkyl or cyclic N) is 1. The first-order valence-corrected chi connectivity index (χ1v) is 11.9. The molecule has 0 amide bonds. The van der Waals surface area contributed by atoms with E-state index in [9.17, 15) is 13.2 Å². The van der Waals surface area contributed by atoms with Crippen molar-refractivity contribution in [1.29, 1.82) is 0 Å². The predicted molar refractivity (Wildman–Crippen MR) is 123 cm³/mol. The Morgan fingerprint density at radius 1 is 0.879 bits per heavy atom. The lowest BCUT2D eigenvalue weighted by Crippen LogP contribution is -2.46. The molecule has 2 aliphatic rings. The van der Waals surface area contributed by atoms with Gasteiger partial charge in [0.2, 0.25) is 0 Å². The van der Waals surface area contributed by atoms with E-state index in [4.69, 9.17) is 9.84 Å². The largest absolute Gasteiger partial charge is 0.416 e. The van der Waals surface area contributed by atoms with Gasteiger partial charge in [-0.2, -0.15) is 13.2 Å². The lowest BCUT2D eigenvalue weighted by molar-refractivity contribution is -0.138. The monoisotopic (exact) mass is 462 g/mol. The van der Waals surface area contributed by atoms with Gasteiger partial charge in [0.05, 0.1) is 24.9 Å². The first-order valence-electron chi connectivity index (χ1n) is 11.9. The number of ether oxygens (including phenoxy) is 1. The highest BCUT2D eigenvalue weighted by atomic mass is 19.4. The van der Waals surface area contributed by atoms with Crippen LogP contribution in [0.2, 0.25) is 0 Å². The van der Waals surface area contributed by atoms with Crippen LogP contribution in [0.5, 0.6) is 0 Å². The predicted octanol–water partition coefficient (Wildman–Crippen LogP) is 4.94. The molecule has 0 spiro atoms. The minimum absolute atomic E-state index is 0.105. The van der Waals surface area contributed by atoms with Gasteiger partial charge < -0.3 is 9.84 Å². The Morgan fingerprint density at radius 3 is 2.15 bits per heavy atom. The second-order valence-electron chi connectivity index (χ2n) is 9.13. The van der Waals surface area contributed by atoms with Crippen LogP contribution in [0.25, 0.3) is 11.1 Å². The zero-order valence-corrected chi connectivity index (χ0v) is 19.0. The van der Waals surface area contributed by atoms with Crippen LogP contribution in [-0.4, -0.2) is 60.3 Å². The molecule has 1 heterocycles. The Labute approximate surface area is 194 Å². The SMILES string of the molecule is OCCN1CCN(Cc2ccc(-c3ccc(COC4CCCC4)cc3)cc2C(F)(F)F)CC1. The molecule has 0 radical (unpaired) electrons. The van der Waals surface area contributed by atoms with E-state index in [1.807, 2.05) is 24.3 Å². The molecule has 0 unspecified atom stereocenters. The minimum Gasteiger partial charge on any atom is -0.395 e. The van der Waals surface area contributed by atoms with Crippen molar-refractivity contribution in [3.63, 3.8) is 0 Å². The fourth-order valence-corrected chi connectivity index (χ4v) is 4.77. The quantitative estimate of drug-likeness (QED) is 0.603. The van der Waals surface area contributed by atoms with Crippen LogP contribution in [0.15, 0.2) is 42.5 Å². The Balaban J connectivity index is 1.44. The van der Waals surface area contributed by atoms with Gasteiger partial charge in [-0.15, -0.1) is 0 Å². The average molecular weight is 463 g/mol. The van der Waals surface area contributed by atoms with E-state index in [0.29, 0.717) is 43.5 Å². The van der Waals surface area contributed by atoms with Gasteiger partial charge >= 0.3 is 6.18 Å². The summed E-state index contributed by atoms with van der Waals surface area (Å²) in [5.74, 6) is 0. The Bertz CT molecular complexity index is 887. The number of hydrogen-bond donors (Lipinski definition) is 1. The summed E-state index contributed by atoms with van der Waals surface area (Å²) in [5.41, 5.74) is 2.13. The molecular formula is C26H33F3N2O2. The Morgan fingerprint density at radius 2 is 1.52 bits per heavy atom. The zero-order chi connectivity index (χ0) is 23.3. The summed E-state index contributed by atoms with van der Waals surface area (Å²) in [5, 5.41) is 9.07. The summed E-state index contributed by atoms with van der Waals surface area (Å²) < 4.78 is 47.6. The number of aliphatic hydroxyl groups is 1. The Kier molecular flexibility index (Phi) is 8.07. The zero-order valence-electron chi connectivity index (χ0n) is 19.0. The molecule has 2 aromatic carbocycles. The number of alkyl halides is 3. The molecule has 4 nitrogen and oxygen atoms in total. The summed E-state index contributed by atoms with van der Waals surface area (Å²) >= 11 is 0. The van der Waals surface area contributed by atoms with Crippen molar-refractivity contribution in [3.8, 4) is 11.1 Å². The van der Waals surface area contributed by atoms with Crippen molar-refractivity contribution in [3.05, 3.63) is 59.2 Å². The van der Waals surface area contributed by atoms with Gasteiger partial charge in [0.25, 0.3) is 0 Å². The molecule has 0 bridgehead atoms. The van der Waals surface area contributed by atoms with E-state index in [1.165, 1.54) is 18.9 Å². The fraction of sp³-hybridized carbons (Fsp3) is 0.538. The molecule has 1 aliphatic carbocycles. The van der Waals surface area contributed by atoms with E-state index in [1.54, 1.807) is 12.1 Å². The Hall–Kier alpha value is -1.93. The molecule has 1 aliphatic heterocycles. The smallest absolute Gasteiger partial charge is 0.395 e. The molecule has 7 heteroatoms. The summed E-state index contributed by atoms with van der Waals surface area (Å²) in [6, 6.07) is 12.3. The summed E-state index contributed by atoms with van der Waals surface area (Å²) in [6.07, 6.45) is 0.608. The van der Waals surface area contributed by atoms with E-state index >= 15 is 0 Å². The second-order valence-corrected chi connectivity index (χ2v) is 9.13. The molecule has 0 atom stereocenters. The van der Waals surface area contributed by atoms with Crippen molar-refractivity contribution in [2.75, 3.05) is 39.3 Å². The highest BCUT2D eigenvalue weighted by Gasteiger charge is 2.34. The van der Waals surface area contributed by atoms with Crippen molar-refractivity contribution in [2.45, 2.75) is 51.1 Å². The molecule has 2 aromatic rings. The molecule has 0 aromatic heterocycles. The minimum atomic E-state index is -4.40. The number of nitrogens with zero attached hydrogens (tertiary/aromatic N) is 2. The van der Waals surface area contributed by atoms with E-state index in [2.05, 4.69) is 9.80 Å². The molecule has 33 heavy (non-hydrogen) atoms. The lowest BCUT2D eigenvalue weighted by atomic mass is 9.97. The number of rotatable bonds is 8. The van der Waals surface area contributed by atoms with Crippen molar-refractivity contribution in [2.24, 2.45) is 0 Å². The summed E-state index contributed by atoms with van der Waals surface area (Å²) in [6.45, 7) is 4.46. The van der Waals surface area contributed by atoms with Gasteiger partial charge in [0, 0.05) is 39.3 Å². The molecule has 1 N–H and O–H groups in total. The number of aliphatic hydroxyl groups excluding tert-OH is 1. The lowest BCUT2D eigenvalue weighted by Gasteiger charge is -2.34.